The molecule has 10 nitrogen and oxygen atoms in total. The van der Waals surface area contributed by atoms with Crippen LogP contribution in [0.4, 0.5) is 0 Å². The number of hydrogen-bond donors (Lipinski definition) is 1. The molecule has 1 N–H and O–H groups in total. The maximum atomic E-state index is 13.5. The van der Waals surface area contributed by atoms with Crippen LogP contribution in [0.5, 0.6) is 5.75 Å². The number of carbonyl (C=O) groups excluding carboxylic acids is 3. The number of hydrogen-bond acceptors (Lipinski definition) is 9. The Morgan fingerprint density at radius 1 is 1.06 bits per heavy atom. The first kappa shape index (κ1) is 24.1. The van der Waals surface area contributed by atoms with E-state index in [9.17, 15) is 14.4 Å². The van der Waals surface area contributed by atoms with Gasteiger partial charge in [0.15, 0.2) is 5.78 Å². The number of aromatic nitrogens is 2. The predicted octanol–water partition coefficient (Wildman–Crippen LogP) is 1.28. The minimum Gasteiger partial charge on any atom is -0.490 e. The molecule has 1 aliphatic heterocycles. The first-order chi connectivity index (χ1) is 17.5. The van der Waals surface area contributed by atoms with E-state index in [0.717, 1.165) is 26.2 Å². The Hall–Kier alpha value is -3.60. The van der Waals surface area contributed by atoms with Crippen molar-refractivity contribution in [3.63, 3.8) is 0 Å². The Labute approximate surface area is 208 Å². The number of aliphatic hydroxyl groups excluding tert-OH is 1. The summed E-state index contributed by atoms with van der Waals surface area (Å²) in [7, 11) is 0. The number of pyridine rings is 2. The maximum Gasteiger partial charge on any atom is 0.341 e. The summed E-state index contributed by atoms with van der Waals surface area (Å²) in [5.41, 5.74) is 0.719. The van der Waals surface area contributed by atoms with E-state index in [-0.39, 0.29) is 41.3 Å². The summed E-state index contributed by atoms with van der Waals surface area (Å²) in [5, 5.41) is 9.12. The smallest absolute Gasteiger partial charge is 0.341 e. The number of nitrogens with zero attached hydrogens (tertiary/aromatic N) is 4. The van der Waals surface area contributed by atoms with Gasteiger partial charge in [-0.2, -0.15) is 0 Å². The summed E-state index contributed by atoms with van der Waals surface area (Å²) in [6.45, 7) is 7.19. The van der Waals surface area contributed by atoms with Gasteiger partial charge >= 0.3 is 5.97 Å². The van der Waals surface area contributed by atoms with Crippen molar-refractivity contribution in [1.82, 2.24) is 19.2 Å². The number of β-amino-alcohol motifs (C(OH)–C–C–N with tert-alkyl or cyclic N) is 1. The van der Waals surface area contributed by atoms with Crippen molar-refractivity contribution in [2.75, 3.05) is 59.1 Å². The molecule has 1 fully saturated rings. The zero-order valence-electron chi connectivity index (χ0n) is 20.1. The zero-order chi connectivity index (χ0) is 25.2. The molecular weight excluding hydrogens is 464 g/mol. The van der Waals surface area contributed by atoms with Crippen LogP contribution in [0.3, 0.4) is 0 Å². The van der Waals surface area contributed by atoms with Crippen LogP contribution in [0, 0.1) is 0 Å². The second-order valence-corrected chi connectivity index (χ2v) is 8.72. The summed E-state index contributed by atoms with van der Waals surface area (Å²) >= 11 is 0. The van der Waals surface area contributed by atoms with Crippen LogP contribution >= 0.6 is 0 Å². The van der Waals surface area contributed by atoms with E-state index in [1.54, 1.807) is 41.8 Å². The molecule has 0 saturated carbocycles. The molecule has 1 aliphatic carbocycles. The number of fused-ring (bicyclic) bond motifs is 4. The van der Waals surface area contributed by atoms with Gasteiger partial charge in [-0.05, 0) is 31.2 Å². The number of rotatable bonds is 8. The molecule has 4 heterocycles. The van der Waals surface area contributed by atoms with Crippen LogP contribution in [0.1, 0.15) is 49.4 Å². The standard InChI is InChI=1S/C26H28N4O6/c1-2-35-26(34)20-19-23(25(33)21-17(24(19)32)5-3-7-27-21)30-8-4-6-18(22(20)30)36-16-14-29-11-9-28(10-12-29)13-15-31/h3-8,31H,2,9-16H2,1H3. The van der Waals surface area contributed by atoms with Crippen LogP contribution in [0.25, 0.3) is 5.52 Å². The number of carbonyl (C=O) groups is 3. The lowest BCUT2D eigenvalue weighted by Gasteiger charge is -2.34. The van der Waals surface area contributed by atoms with Crippen molar-refractivity contribution < 1.29 is 29.0 Å². The van der Waals surface area contributed by atoms with Gasteiger partial charge in [-0.3, -0.25) is 24.4 Å². The predicted molar refractivity (Wildman–Crippen MR) is 130 cm³/mol. The lowest BCUT2D eigenvalue weighted by molar-refractivity contribution is 0.0525. The second kappa shape index (κ2) is 10.2. The Balaban J connectivity index is 1.48. The van der Waals surface area contributed by atoms with E-state index in [4.69, 9.17) is 14.6 Å². The third-order valence-corrected chi connectivity index (χ3v) is 6.66. The van der Waals surface area contributed by atoms with Gasteiger partial charge in [0.25, 0.3) is 0 Å². The highest BCUT2D eigenvalue weighted by atomic mass is 16.5. The van der Waals surface area contributed by atoms with Crippen LogP contribution < -0.4 is 4.74 Å². The van der Waals surface area contributed by atoms with Gasteiger partial charge in [-0.1, -0.05) is 0 Å². The molecule has 10 heteroatoms. The summed E-state index contributed by atoms with van der Waals surface area (Å²) in [6, 6.07) is 6.58. The fourth-order valence-corrected chi connectivity index (χ4v) is 4.92. The van der Waals surface area contributed by atoms with Crippen molar-refractivity contribution in [2.24, 2.45) is 0 Å². The molecule has 0 amide bonds. The molecular formula is C26H28N4O6. The highest BCUT2D eigenvalue weighted by Crippen LogP contribution is 2.37. The molecule has 0 spiro atoms. The lowest BCUT2D eigenvalue weighted by Crippen LogP contribution is -2.48. The van der Waals surface area contributed by atoms with Crippen molar-refractivity contribution in [3.05, 3.63) is 64.7 Å². The Morgan fingerprint density at radius 3 is 2.53 bits per heavy atom. The molecule has 0 atom stereocenters. The van der Waals surface area contributed by atoms with Gasteiger partial charge in [0.1, 0.15) is 34.8 Å². The van der Waals surface area contributed by atoms with E-state index >= 15 is 0 Å². The molecule has 0 bridgehead atoms. The molecule has 36 heavy (non-hydrogen) atoms. The van der Waals surface area contributed by atoms with Crippen molar-refractivity contribution in [1.29, 1.82) is 0 Å². The van der Waals surface area contributed by atoms with Crippen LogP contribution in [0.15, 0.2) is 36.7 Å². The molecule has 1 saturated heterocycles. The maximum absolute atomic E-state index is 13.5. The number of esters is 1. The molecule has 0 aromatic carbocycles. The fraction of sp³-hybridized carbons (Fsp3) is 0.385. The third kappa shape index (κ3) is 4.17. The van der Waals surface area contributed by atoms with Gasteiger partial charge in [0, 0.05) is 51.7 Å². The minimum atomic E-state index is -0.680. The molecule has 2 aliphatic rings. The Morgan fingerprint density at radius 2 is 1.81 bits per heavy atom. The van der Waals surface area contributed by atoms with Crippen molar-refractivity contribution in [2.45, 2.75) is 6.92 Å². The number of aliphatic hydroxyl groups is 1. The first-order valence-corrected chi connectivity index (χ1v) is 12.1. The van der Waals surface area contributed by atoms with Crippen molar-refractivity contribution in [3.8, 4) is 5.75 Å². The Bertz CT molecular complexity index is 1330. The van der Waals surface area contributed by atoms with E-state index in [1.165, 1.54) is 6.20 Å². The van der Waals surface area contributed by atoms with Gasteiger partial charge in [-0.25, -0.2) is 4.79 Å². The average Bonchev–Trinajstić information content (AvgIpc) is 3.25. The first-order valence-electron chi connectivity index (χ1n) is 12.1. The van der Waals surface area contributed by atoms with Crippen LogP contribution in [0.2, 0.25) is 0 Å². The topological polar surface area (TPSA) is 114 Å². The van der Waals surface area contributed by atoms with Gasteiger partial charge in [0.05, 0.1) is 24.3 Å². The quantitative estimate of drug-likeness (QED) is 0.363. The van der Waals surface area contributed by atoms with Gasteiger partial charge in [0.2, 0.25) is 5.78 Å². The Kier molecular flexibility index (Phi) is 6.82. The highest BCUT2D eigenvalue weighted by molar-refractivity contribution is 6.31. The van der Waals surface area contributed by atoms with Gasteiger partial charge in [-0.15, -0.1) is 0 Å². The molecule has 188 valence electrons. The largest absolute Gasteiger partial charge is 0.490 e. The van der Waals surface area contributed by atoms with Gasteiger partial charge < -0.3 is 19.0 Å². The third-order valence-electron chi connectivity index (χ3n) is 6.66. The van der Waals surface area contributed by atoms with Crippen molar-refractivity contribution >= 4 is 23.1 Å². The zero-order valence-corrected chi connectivity index (χ0v) is 20.1. The van der Waals surface area contributed by atoms with Crippen LogP contribution in [-0.2, 0) is 4.74 Å². The minimum absolute atomic E-state index is 0.0232. The summed E-state index contributed by atoms with van der Waals surface area (Å²) < 4.78 is 13.0. The van der Waals surface area contributed by atoms with E-state index < -0.39 is 17.5 Å². The number of piperazine rings is 1. The molecule has 3 aromatic rings. The highest BCUT2D eigenvalue weighted by Gasteiger charge is 2.40. The molecule has 0 unspecified atom stereocenters. The number of ketones is 2. The second-order valence-electron chi connectivity index (χ2n) is 8.72. The average molecular weight is 493 g/mol. The van der Waals surface area contributed by atoms with E-state index in [0.29, 0.717) is 31.0 Å². The van der Waals surface area contributed by atoms with Crippen LogP contribution in [-0.4, -0.2) is 101 Å². The fourth-order valence-electron chi connectivity index (χ4n) is 4.92. The number of ether oxygens (including phenoxy) is 2. The SMILES string of the molecule is CCOC(=O)c1c2c(n3cccc(OCCN4CCN(CCO)CC4)c13)C(=O)c1ncccc1C2=O. The van der Waals surface area contributed by atoms with E-state index in [2.05, 4.69) is 14.8 Å². The summed E-state index contributed by atoms with van der Waals surface area (Å²) in [6.07, 6.45) is 3.11. The summed E-state index contributed by atoms with van der Waals surface area (Å²) in [4.78, 5) is 48.6. The monoisotopic (exact) mass is 492 g/mol. The molecule has 5 rings (SSSR count). The molecule has 3 aromatic heterocycles. The summed E-state index contributed by atoms with van der Waals surface area (Å²) in [5.74, 6) is -1.15. The normalized spacial score (nSPS) is 16.2. The lowest BCUT2D eigenvalue weighted by atomic mass is 9.89. The van der Waals surface area contributed by atoms with E-state index in [1.807, 2.05) is 0 Å². The molecule has 0 radical (unpaired) electrons.